The predicted molar refractivity (Wildman–Crippen MR) is 60.7 cm³/mol. The summed E-state index contributed by atoms with van der Waals surface area (Å²) in [4.78, 5) is 11.1. The zero-order valence-corrected chi connectivity index (χ0v) is 9.45. The molecule has 0 spiro atoms. The normalized spacial score (nSPS) is 14.4. The highest BCUT2D eigenvalue weighted by Gasteiger charge is 2.19. The molecule has 0 aromatic heterocycles. The molecule has 0 unspecified atom stereocenters. The Bertz CT molecular complexity index is 410. The molecule has 16 heavy (non-hydrogen) atoms. The third kappa shape index (κ3) is 2.18. The van der Waals surface area contributed by atoms with Crippen LogP contribution in [0.25, 0.3) is 0 Å². The summed E-state index contributed by atoms with van der Waals surface area (Å²) in [7, 11) is 0. The van der Waals surface area contributed by atoms with Crippen molar-refractivity contribution >= 4 is 5.97 Å². The largest absolute Gasteiger partial charge is 0.508 e. The van der Waals surface area contributed by atoms with Crippen LogP contribution in [-0.4, -0.2) is 11.1 Å². The lowest BCUT2D eigenvalue weighted by atomic mass is 9.99. The summed E-state index contributed by atoms with van der Waals surface area (Å²) < 4.78 is 5.07. The van der Waals surface area contributed by atoms with Gasteiger partial charge in [-0.2, -0.15) is 0 Å². The maximum Gasteiger partial charge on any atom is 0.311 e. The molecule has 0 aliphatic carbocycles. The third-order valence-electron chi connectivity index (χ3n) is 2.88. The van der Waals surface area contributed by atoms with Crippen molar-refractivity contribution in [3.05, 3.63) is 23.3 Å². The lowest BCUT2D eigenvalue weighted by Crippen LogP contribution is -2.15. The number of carbonyl (C=O) groups is 1. The van der Waals surface area contributed by atoms with E-state index >= 15 is 0 Å². The highest BCUT2D eigenvalue weighted by Crippen LogP contribution is 2.32. The second-order valence-corrected chi connectivity index (χ2v) is 4.17. The fourth-order valence-electron chi connectivity index (χ4n) is 1.93. The zero-order chi connectivity index (χ0) is 11.5. The monoisotopic (exact) mass is 220 g/mol. The Morgan fingerprint density at radius 3 is 2.94 bits per heavy atom. The van der Waals surface area contributed by atoms with Crippen LogP contribution in [0.3, 0.4) is 0 Å². The van der Waals surface area contributed by atoms with Crippen LogP contribution >= 0.6 is 0 Å². The maximum absolute atomic E-state index is 11.1. The van der Waals surface area contributed by atoms with Gasteiger partial charge in [-0.25, -0.2) is 0 Å². The standard InChI is InChI=1S/C13H16O3/c1-2-3-4-9-7-10-5-6-13(15)16-12(10)8-11(9)14/h7-8,14H,2-6H2,1H3. The highest BCUT2D eigenvalue weighted by molar-refractivity contribution is 5.75. The summed E-state index contributed by atoms with van der Waals surface area (Å²) >= 11 is 0. The fraction of sp³-hybridized carbons (Fsp3) is 0.462. The van der Waals surface area contributed by atoms with Crippen molar-refractivity contribution < 1.29 is 14.6 Å². The first kappa shape index (κ1) is 11.0. The van der Waals surface area contributed by atoms with E-state index in [1.165, 1.54) is 0 Å². The van der Waals surface area contributed by atoms with Crippen LogP contribution in [0.15, 0.2) is 12.1 Å². The van der Waals surface area contributed by atoms with E-state index in [4.69, 9.17) is 4.74 Å². The first-order valence-corrected chi connectivity index (χ1v) is 5.76. The number of aryl methyl sites for hydroxylation is 2. The number of benzene rings is 1. The van der Waals surface area contributed by atoms with Gasteiger partial charge >= 0.3 is 5.97 Å². The number of unbranched alkanes of at least 4 members (excludes halogenated alkanes) is 1. The molecule has 1 N–H and O–H groups in total. The van der Waals surface area contributed by atoms with E-state index in [-0.39, 0.29) is 11.7 Å². The van der Waals surface area contributed by atoms with Crippen LogP contribution in [0, 0.1) is 0 Å². The molecular weight excluding hydrogens is 204 g/mol. The molecule has 86 valence electrons. The summed E-state index contributed by atoms with van der Waals surface area (Å²) in [6.07, 6.45) is 4.19. The van der Waals surface area contributed by atoms with Crippen molar-refractivity contribution in [3.8, 4) is 11.5 Å². The lowest BCUT2D eigenvalue weighted by Gasteiger charge is -2.17. The van der Waals surface area contributed by atoms with Crippen LogP contribution < -0.4 is 4.74 Å². The van der Waals surface area contributed by atoms with Crippen molar-refractivity contribution in [2.45, 2.75) is 39.0 Å². The summed E-state index contributed by atoms with van der Waals surface area (Å²) in [6, 6.07) is 3.53. The minimum Gasteiger partial charge on any atom is -0.508 e. The zero-order valence-electron chi connectivity index (χ0n) is 9.45. The minimum atomic E-state index is -0.215. The molecule has 0 fully saturated rings. The van der Waals surface area contributed by atoms with Crippen LogP contribution in [-0.2, 0) is 17.6 Å². The van der Waals surface area contributed by atoms with Gasteiger partial charge in [0.05, 0.1) is 6.42 Å². The van der Waals surface area contributed by atoms with Gasteiger partial charge in [-0.05, 0) is 36.5 Å². The second kappa shape index (κ2) is 4.56. The van der Waals surface area contributed by atoms with Gasteiger partial charge in [0.2, 0.25) is 0 Å². The van der Waals surface area contributed by atoms with E-state index in [1.54, 1.807) is 6.07 Å². The number of hydrogen-bond donors (Lipinski definition) is 1. The number of ether oxygens (including phenoxy) is 1. The number of carbonyl (C=O) groups excluding carboxylic acids is 1. The Kier molecular flexibility index (Phi) is 3.13. The van der Waals surface area contributed by atoms with Crippen molar-refractivity contribution in [1.82, 2.24) is 0 Å². The molecule has 1 aliphatic heterocycles. The fourth-order valence-corrected chi connectivity index (χ4v) is 1.93. The Morgan fingerprint density at radius 2 is 2.19 bits per heavy atom. The lowest BCUT2D eigenvalue weighted by molar-refractivity contribution is -0.135. The van der Waals surface area contributed by atoms with Crippen LogP contribution in [0.5, 0.6) is 11.5 Å². The summed E-state index contributed by atoms with van der Waals surface area (Å²) in [6.45, 7) is 2.12. The number of esters is 1. The summed E-state index contributed by atoms with van der Waals surface area (Å²) in [5.74, 6) is 0.545. The smallest absolute Gasteiger partial charge is 0.311 e. The Morgan fingerprint density at radius 1 is 1.38 bits per heavy atom. The molecule has 0 saturated heterocycles. The van der Waals surface area contributed by atoms with E-state index in [9.17, 15) is 9.90 Å². The quantitative estimate of drug-likeness (QED) is 0.629. The Labute approximate surface area is 95.0 Å². The van der Waals surface area contributed by atoms with Gasteiger partial charge in [0.15, 0.2) is 0 Å². The molecule has 1 aromatic rings. The van der Waals surface area contributed by atoms with Gasteiger partial charge in [-0.15, -0.1) is 0 Å². The predicted octanol–water partition coefficient (Wildman–Crippen LogP) is 2.59. The number of rotatable bonds is 3. The van der Waals surface area contributed by atoms with E-state index in [0.29, 0.717) is 18.6 Å². The topological polar surface area (TPSA) is 46.5 Å². The molecule has 1 aliphatic rings. The second-order valence-electron chi connectivity index (χ2n) is 4.17. The van der Waals surface area contributed by atoms with Gasteiger partial charge in [-0.3, -0.25) is 4.79 Å². The van der Waals surface area contributed by atoms with Crippen LogP contribution in [0.2, 0.25) is 0 Å². The summed E-state index contributed by atoms with van der Waals surface area (Å²) in [5.41, 5.74) is 1.99. The number of fused-ring (bicyclic) bond motifs is 1. The van der Waals surface area contributed by atoms with Gasteiger partial charge in [0.25, 0.3) is 0 Å². The molecule has 0 amide bonds. The average molecular weight is 220 g/mol. The highest BCUT2D eigenvalue weighted by atomic mass is 16.5. The molecule has 0 bridgehead atoms. The molecule has 2 rings (SSSR count). The number of phenols is 1. The van der Waals surface area contributed by atoms with Crippen molar-refractivity contribution in [2.75, 3.05) is 0 Å². The van der Waals surface area contributed by atoms with E-state index in [0.717, 1.165) is 30.4 Å². The molecule has 0 saturated carbocycles. The molecule has 1 aromatic carbocycles. The number of aromatic hydroxyl groups is 1. The summed E-state index contributed by atoms with van der Waals surface area (Å²) in [5, 5.41) is 9.79. The van der Waals surface area contributed by atoms with E-state index in [2.05, 4.69) is 6.92 Å². The molecule has 1 heterocycles. The van der Waals surface area contributed by atoms with Crippen LogP contribution in [0.4, 0.5) is 0 Å². The number of phenolic OH excluding ortho intramolecular Hbond substituents is 1. The first-order chi connectivity index (χ1) is 7.70. The van der Waals surface area contributed by atoms with Gasteiger partial charge < -0.3 is 9.84 Å². The molecule has 0 atom stereocenters. The van der Waals surface area contributed by atoms with E-state index < -0.39 is 0 Å². The Hall–Kier alpha value is -1.51. The molecule has 0 radical (unpaired) electrons. The SMILES string of the molecule is CCCCc1cc2c(cc1O)OC(=O)CC2. The first-order valence-electron chi connectivity index (χ1n) is 5.76. The minimum absolute atomic E-state index is 0.215. The van der Waals surface area contributed by atoms with Crippen molar-refractivity contribution in [3.63, 3.8) is 0 Å². The van der Waals surface area contributed by atoms with Gasteiger partial charge in [0.1, 0.15) is 11.5 Å². The van der Waals surface area contributed by atoms with Gasteiger partial charge in [-0.1, -0.05) is 13.3 Å². The van der Waals surface area contributed by atoms with Crippen molar-refractivity contribution in [1.29, 1.82) is 0 Å². The van der Waals surface area contributed by atoms with Crippen LogP contribution in [0.1, 0.15) is 37.3 Å². The molecule has 3 heteroatoms. The maximum atomic E-state index is 11.1. The molecule has 3 nitrogen and oxygen atoms in total. The Balaban J connectivity index is 2.27. The average Bonchev–Trinajstić information content (AvgIpc) is 2.26. The number of hydrogen-bond acceptors (Lipinski definition) is 3. The van der Waals surface area contributed by atoms with E-state index in [1.807, 2.05) is 6.07 Å². The molecular formula is C13H16O3. The van der Waals surface area contributed by atoms with Crippen molar-refractivity contribution in [2.24, 2.45) is 0 Å². The third-order valence-corrected chi connectivity index (χ3v) is 2.88. The van der Waals surface area contributed by atoms with Gasteiger partial charge in [0, 0.05) is 6.07 Å².